The van der Waals surface area contributed by atoms with Gasteiger partial charge in [0.1, 0.15) is 5.75 Å². The third-order valence-electron chi connectivity index (χ3n) is 5.02. The van der Waals surface area contributed by atoms with Crippen LogP contribution in [0.15, 0.2) is 22.6 Å². The van der Waals surface area contributed by atoms with Gasteiger partial charge < -0.3 is 14.1 Å². The Kier molecular flexibility index (Phi) is 5.06. The van der Waals surface area contributed by atoms with E-state index in [0.29, 0.717) is 18.2 Å². The number of methoxy groups -OCH3 is 1. The van der Waals surface area contributed by atoms with Crippen LogP contribution in [-0.4, -0.2) is 40.7 Å². The molecule has 1 aliphatic heterocycles. The van der Waals surface area contributed by atoms with Gasteiger partial charge in [0.05, 0.1) is 19.4 Å². The van der Waals surface area contributed by atoms with Crippen LogP contribution in [0.2, 0.25) is 0 Å². The summed E-state index contributed by atoms with van der Waals surface area (Å²) in [5.41, 5.74) is 2.16. The number of ether oxygens (including phenoxy) is 1. The molecule has 0 N–H and O–H groups in total. The number of hydrogen-bond donors (Lipinski definition) is 0. The Hall–Kier alpha value is -2.37. The zero-order valence-corrected chi connectivity index (χ0v) is 15.3. The van der Waals surface area contributed by atoms with Crippen LogP contribution in [0.3, 0.4) is 0 Å². The van der Waals surface area contributed by atoms with Gasteiger partial charge in [0, 0.05) is 19.5 Å². The zero-order valence-electron chi connectivity index (χ0n) is 15.3. The maximum absolute atomic E-state index is 11.8. The molecule has 0 bridgehead atoms. The summed E-state index contributed by atoms with van der Waals surface area (Å²) in [5, 5.41) is 8.46. The first-order valence-electron chi connectivity index (χ1n) is 8.72. The van der Waals surface area contributed by atoms with Crippen molar-refractivity contribution in [3.8, 4) is 5.75 Å². The fourth-order valence-electron chi connectivity index (χ4n) is 3.55. The smallest absolute Gasteiger partial charge is 0.221 e. The van der Waals surface area contributed by atoms with E-state index < -0.39 is 0 Å². The highest BCUT2D eigenvalue weighted by Gasteiger charge is 2.33. The monoisotopic (exact) mass is 343 g/mol. The van der Waals surface area contributed by atoms with Gasteiger partial charge in [0.2, 0.25) is 17.7 Å². The van der Waals surface area contributed by atoms with Gasteiger partial charge in [-0.25, -0.2) is 0 Å². The summed E-state index contributed by atoms with van der Waals surface area (Å²) >= 11 is 0. The Morgan fingerprint density at radius 2 is 2.20 bits per heavy atom. The van der Waals surface area contributed by atoms with Crippen molar-refractivity contribution in [2.75, 3.05) is 13.7 Å². The molecule has 1 aliphatic rings. The van der Waals surface area contributed by atoms with Crippen molar-refractivity contribution in [2.24, 2.45) is 0 Å². The van der Waals surface area contributed by atoms with Gasteiger partial charge in [-0.05, 0) is 43.9 Å². The van der Waals surface area contributed by atoms with E-state index in [1.54, 1.807) is 14.0 Å². The van der Waals surface area contributed by atoms with E-state index in [0.717, 1.165) is 36.3 Å². The Balaban J connectivity index is 1.75. The van der Waals surface area contributed by atoms with Gasteiger partial charge in [-0.3, -0.25) is 4.79 Å². The molecule has 6 heteroatoms. The number of rotatable bonds is 4. The summed E-state index contributed by atoms with van der Waals surface area (Å²) in [6.07, 6.45) is 2.49. The molecule has 0 radical (unpaired) electrons. The number of likely N-dealkylation sites (tertiary alicyclic amines) is 1. The van der Waals surface area contributed by atoms with E-state index in [1.807, 2.05) is 30.0 Å². The number of nitrogens with zero attached hydrogens (tertiary/aromatic N) is 3. The van der Waals surface area contributed by atoms with Crippen molar-refractivity contribution in [1.82, 2.24) is 15.1 Å². The van der Waals surface area contributed by atoms with Crippen molar-refractivity contribution in [2.45, 2.75) is 52.0 Å². The van der Waals surface area contributed by atoms with Crippen LogP contribution in [0.5, 0.6) is 5.75 Å². The van der Waals surface area contributed by atoms with Gasteiger partial charge >= 0.3 is 0 Å². The van der Waals surface area contributed by atoms with E-state index >= 15 is 0 Å². The molecule has 2 aromatic rings. The highest BCUT2D eigenvalue weighted by Crippen LogP contribution is 2.32. The lowest BCUT2D eigenvalue weighted by Gasteiger charge is -2.37. The average Bonchev–Trinajstić information content (AvgIpc) is 3.04. The number of piperidine rings is 1. The molecule has 0 spiro atoms. The number of aryl methyl sites for hydroxylation is 1. The molecule has 1 saturated heterocycles. The lowest BCUT2D eigenvalue weighted by Crippen LogP contribution is -2.44. The Morgan fingerprint density at radius 1 is 1.40 bits per heavy atom. The molecule has 0 unspecified atom stereocenters. The van der Waals surface area contributed by atoms with E-state index in [1.165, 1.54) is 0 Å². The standard InChI is InChI=1S/C19H25N3O3/c1-12-7-8-15(10-17(12)24-4)11-18-20-21-19(25-18)16-6-5-9-22(13(16)2)14(3)23/h7-8,10,13,16H,5-6,9,11H2,1-4H3/t13-,16-/m0/s1. The summed E-state index contributed by atoms with van der Waals surface area (Å²) in [6.45, 7) is 6.48. The van der Waals surface area contributed by atoms with Crippen LogP contribution in [0.1, 0.15) is 55.5 Å². The lowest BCUT2D eigenvalue weighted by atomic mass is 9.90. The third kappa shape index (κ3) is 3.67. The third-order valence-corrected chi connectivity index (χ3v) is 5.02. The van der Waals surface area contributed by atoms with Crippen molar-refractivity contribution in [1.29, 1.82) is 0 Å². The normalized spacial score (nSPS) is 20.6. The van der Waals surface area contributed by atoms with E-state index in [2.05, 4.69) is 17.1 Å². The molecule has 25 heavy (non-hydrogen) atoms. The minimum atomic E-state index is 0.0824. The average molecular weight is 343 g/mol. The molecule has 2 atom stereocenters. The lowest BCUT2D eigenvalue weighted by molar-refractivity contribution is -0.132. The van der Waals surface area contributed by atoms with Crippen LogP contribution < -0.4 is 4.74 Å². The number of benzene rings is 1. The number of hydrogen-bond acceptors (Lipinski definition) is 5. The molecule has 6 nitrogen and oxygen atoms in total. The molecular formula is C19H25N3O3. The maximum Gasteiger partial charge on any atom is 0.221 e. The predicted molar refractivity (Wildman–Crippen MR) is 93.7 cm³/mol. The topological polar surface area (TPSA) is 68.5 Å². The van der Waals surface area contributed by atoms with E-state index in [9.17, 15) is 4.79 Å². The maximum atomic E-state index is 11.8. The highest BCUT2D eigenvalue weighted by molar-refractivity contribution is 5.73. The first-order valence-corrected chi connectivity index (χ1v) is 8.72. The summed E-state index contributed by atoms with van der Waals surface area (Å²) in [5.74, 6) is 2.28. The molecule has 2 heterocycles. The van der Waals surface area contributed by atoms with E-state index in [-0.39, 0.29) is 17.9 Å². The highest BCUT2D eigenvalue weighted by atomic mass is 16.5. The summed E-state index contributed by atoms with van der Waals surface area (Å²) in [7, 11) is 1.67. The fraction of sp³-hybridized carbons (Fsp3) is 0.526. The summed E-state index contributed by atoms with van der Waals surface area (Å²) in [4.78, 5) is 13.7. The van der Waals surface area contributed by atoms with Crippen LogP contribution in [-0.2, 0) is 11.2 Å². The molecular weight excluding hydrogens is 318 g/mol. The second-order valence-electron chi connectivity index (χ2n) is 6.72. The van der Waals surface area contributed by atoms with E-state index in [4.69, 9.17) is 9.15 Å². The minimum Gasteiger partial charge on any atom is -0.496 e. The zero-order chi connectivity index (χ0) is 18.0. The largest absolute Gasteiger partial charge is 0.496 e. The Morgan fingerprint density at radius 3 is 2.92 bits per heavy atom. The molecule has 0 aliphatic carbocycles. The van der Waals surface area contributed by atoms with Gasteiger partial charge in [-0.15, -0.1) is 10.2 Å². The molecule has 1 fully saturated rings. The molecule has 134 valence electrons. The summed E-state index contributed by atoms with van der Waals surface area (Å²) in [6, 6.07) is 6.15. The van der Waals surface area contributed by atoms with Gasteiger partial charge in [0.15, 0.2) is 0 Å². The van der Waals surface area contributed by atoms with Crippen molar-refractivity contribution in [3.05, 3.63) is 41.1 Å². The quantitative estimate of drug-likeness (QED) is 0.853. The second-order valence-corrected chi connectivity index (χ2v) is 6.72. The van der Waals surface area contributed by atoms with Crippen LogP contribution in [0.4, 0.5) is 0 Å². The fourth-order valence-corrected chi connectivity index (χ4v) is 3.55. The molecule has 3 rings (SSSR count). The van der Waals surface area contributed by atoms with Crippen molar-refractivity contribution < 1.29 is 13.9 Å². The van der Waals surface area contributed by atoms with Crippen molar-refractivity contribution >= 4 is 5.91 Å². The predicted octanol–water partition coefficient (Wildman–Crippen LogP) is 3.09. The molecule has 1 aromatic heterocycles. The van der Waals surface area contributed by atoms with Gasteiger partial charge in [-0.2, -0.15) is 0 Å². The number of amides is 1. The minimum absolute atomic E-state index is 0.0824. The Bertz CT molecular complexity index is 756. The van der Waals surface area contributed by atoms with Crippen LogP contribution in [0, 0.1) is 6.92 Å². The van der Waals surface area contributed by atoms with Crippen LogP contribution in [0.25, 0.3) is 0 Å². The molecule has 1 aromatic carbocycles. The van der Waals surface area contributed by atoms with Crippen molar-refractivity contribution in [3.63, 3.8) is 0 Å². The van der Waals surface area contributed by atoms with Gasteiger partial charge in [-0.1, -0.05) is 12.1 Å². The number of carbonyl (C=O) groups is 1. The number of aromatic nitrogens is 2. The van der Waals surface area contributed by atoms with Gasteiger partial charge in [0.25, 0.3) is 0 Å². The summed E-state index contributed by atoms with van der Waals surface area (Å²) < 4.78 is 11.3. The first-order chi connectivity index (χ1) is 12.0. The Labute approximate surface area is 148 Å². The number of carbonyl (C=O) groups excluding carboxylic acids is 1. The second kappa shape index (κ2) is 7.25. The van der Waals surface area contributed by atoms with Crippen LogP contribution >= 0.6 is 0 Å². The molecule has 0 saturated carbocycles. The first kappa shape index (κ1) is 17.5. The SMILES string of the molecule is COc1cc(Cc2nnc([C@H]3CCCN(C(C)=O)[C@H]3C)o2)ccc1C. The molecule has 1 amide bonds.